The number of hydrogen-bond acceptors (Lipinski definition) is 7. The number of anilines is 2. The number of benzene rings is 2. The molecule has 1 fully saturated rings. The van der Waals surface area contributed by atoms with Gasteiger partial charge >= 0.3 is 0 Å². The molecule has 0 aromatic heterocycles. The summed E-state index contributed by atoms with van der Waals surface area (Å²) in [5.41, 5.74) is 1.99. The Bertz CT molecular complexity index is 1250. The van der Waals surface area contributed by atoms with Crippen LogP contribution in [0.15, 0.2) is 45.7 Å². The van der Waals surface area contributed by atoms with Gasteiger partial charge in [-0.2, -0.15) is 0 Å². The number of amidine groups is 1. The summed E-state index contributed by atoms with van der Waals surface area (Å²) in [6, 6.07) is 10.8. The van der Waals surface area contributed by atoms with Crippen molar-refractivity contribution >= 4 is 44.2 Å². The van der Waals surface area contributed by atoms with Crippen molar-refractivity contribution in [1.29, 1.82) is 0 Å². The van der Waals surface area contributed by atoms with Crippen LogP contribution in [0.2, 0.25) is 0 Å². The molecule has 8 nitrogen and oxygen atoms in total. The molecule has 4 aliphatic rings. The van der Waals surface area contributed by atoms with Gasteiger partial charge in [-0.25, -0.2) is 8.42 Å². The maximum Gasteiger partial charge on any atom is 0.257 e. The number of carbonyl (C=O) groups excluding carboxylic acids is 1. The molecule has 31 heavy (non-hydrogen) atoms. The number of nitrogens with zero attached hydrogens (tertiary/aromatic N) is 2. The van der Waals surface area contributed by atoms with Crippen molar-refractivity contribution in [2.45, 2.75) is 36.4 Å². The number of hydrogen-bond donors (Lipinski definition) is 1. The van der Waals surface area contributed by atoms with E-state index in [2.05, 4.69) is 9.71 Å². The summed E-state index contributed by atoms with van der Waals surface area (Å²) in [7, 11) is -3.41. The Balaban J connectivity index is 1.21. The molecule has 0 saturated heterocycles. The van der Waals surface area contributed by atoms with E-state index in [-0.39, 0.29) is 11.7 Å². The lowest BCUT2D eigenvalue weighted by Crippen LogP contribution is -2.35. The van der Waals surface area contributed by atoms with Crippen molar-refractivity contribution in [3.63, 3.8) is 0 Å². The van der Waals surface area contributed by atoms with Crippen molar-refractivity contribution in [3.05, 3.63) is 42.0 Å². The summed E-state index contributed by atoms with van der Waals surface area (Å²) in [5, 5.41) is 3.35. The lowest BCUT2D eigenvalue weighted by Gasteiger charge is -2.22. The van der Waals surface area contributed by atoms with E-state index < -0.39 is 15.8 Å². The van der Waals surface area contributed by atoms with Gasteiger partial charge in [-0.15, -0.1) is 4.40 Å². The van der Waals surface area contributed by atoms with Crippen LogP contribution in [0.4, 0.5) is 11.4 Å². The molecule has 3 heterocycles. The van der Waals surface area contributed by atoms with E-state index in [4.69, 9.17) is 9.47 Å². The van der Waals surface area contributed by atoms with Gasteiger partial charge in [0, 0.05) is 41.6 Å². The van der Waals surface area contributed by atoms with Crippen LogP contribution in [0.1, 0.15) is 36.0 Å². The van der Waals surface area contributed by atoms with Gasteiger partial charge in [0.25, 0.3) is 21.7 Å². The Morgan fingerprint density at radius 1 is 1.10 bits per heavy atom. The Kier molecular flexibility index (Phi) is 4.07. The Morgan fingerprint density at radius 3 is 2.74 bits per heavy atom. The molecule has 1 aliphatic carbocycles. The van der Waals surface area contributed by atoms with Crippen LogP contribution < -0.4 is 19.7 Å². The zero-order valence-electron chi connectivity index (χ0n) is 16.5. The summed E-state index contributed by atoms with van der Waals surface area (Å²) >= 11 is 1.27. The standard InChI is InChI=1S/C21H19N3O5S2/c25-19(22-14-4-6-16-17(12-14)29-21(28-16)7-1-2-8-21)13-3-5-15-18(11-13)30-20-23-31(26,27)10-9-24(15)20/h3-6,11-12H,1-2,7-10H2,(H,22,25). The van der Waals surface area contributed by atoms with Gasteiger partial charge in [-0.05, 0) is 54.9 Å². The highest BCUT2D eigenvalue weighted by Crippen LogP contribution is 2.47. The molecule has 2 aromatic carbocycles. The summed E-state index contributed by atoms with van der Waals surface area (Å²) in [4.78, 5) is 15.5. The van der Waals surface area contributed by atoms with Crippen LogP contribution in [0.5, 0.6) is 11.5 Å². The fourth-order valence-corrected chi connectivity index (χ4v) is 6.66. The number of amides is 1. The Labute approximate surface area is 183 Å². The highest BCUT2D eigenvalue weighted by atomic mass is 32.2. The van der Waals surface area contributed by atoms with Gasteiger partial charge in [-0.1, -0.05) is 0 Å². The van der Waals surface area contributed by atoms with E-state index in [1.165, 1.54) is 11.8 Å². The molecule has 0 bridgehead atoms. The molecule has 2 aromatic rings. The number of carbonyl (C=O) groups is 1. The lowest BCUT2D eigenvalue weighted by molar-refractivity contribution is -0.0716. The smallest absolute Gasteiger partial charge is 0.257 e. The second-order valence-corrected chi connectivity index (χ2v) is 10.8. The van der Waals surface area contributed by atoms with Crippen LogP contribution in [0.25, 0.3) is 0 Å². The van der Waals surface area contributed by atoms with Gasteiger partial charge < -0.3 is 19.7 Å². The molecule has 1 saturated carbocycles. The number of fused-ring (bicyclic) bond motifs is 4. The number of thioether (sulfide) groups is 1. The predicted octanol–water partition coefficient (Wildman–Crippen LogP) is 3.59. The molecule has 1 N–H and O–H groups in total. The van der Waals surface area contributed by atoms with E-state index in [0.717, 1.165) is 36.3 Å². The summed E-state index contributed by atoms with van der Waals surface area (Å²) in [5.74, 6) is 0.563. The van der Waals surface area contributed by atoms with Crippen LogP contribution in [0, 0.1) is 0 Å². The highest BCUT2D eigenvalue weighted by molar-refractivity contribution is 8.15. The maximum atomic E-state index is 12.8. The minimum absolute atomic E-state index is 0.00978. The average Bonchev–Trinajstić information content (AvgIpc) is 3.42. The predicted molar refractivity (Wildman–Crippen MR) is 118 cm³/mol. The van der Waals surface area contributed by atoms with Crippen molar-refractivity contribution in [3.8, 4) is 11.5 Å². The third kappa shape index (κ3) is 3.25. The Hall–Kier alpha value is -2.72. The zero-order chi connectivity index (χ0) is 21.2. The number of sulfonamides is 1. The minimum atomic E-state index is -3.41. The van der Waals surface area contributed by atoms with Crippen molar-refractivity contribution in [2.75, 3.05) is 22.5 Å². The molecular weight excluding hydrogens is 438 g/mol. The fourth-order valence-electron chi connectivity index (χ4n) is 4.36. The van der Waals surface area contributed by atoms with Crippen LogP contribution in [0.3, 0.4) is 0 Å². The summed E-state index contributed by atoms with van der Waals surface area (Å²) in [6.45, 7) is 0.366. The summed E-state index contributed by atoms with van der Waals surface area (Å²) in [6.07, 6.45) is 3.92. The van der Waals surface area contributed by atoms with Gasteiger partial charge in [0.05, 0.1) is 11.4 Å². The second-order valence-electron chi connectivity index (χ2n) is 8.03. The SMILES string of the molecule is O=C(Nc1ccc2c(c1)OC1(CCCC1)O2)c1ccc2c(c1)SC1=NS(=O)(=O)CCN12. The molecule has 0 unspecified atom stereocenters. The van der Waals surface area contributed by atoms with Gasteiger partial charge in [-0.3, -0.25) is 4.79 Å². The van der Waals surface area contributed by atoms with Gasteiger partial charge in [0.15, 0.2) is 16.7 Å². The Morgan fingerprint density at radius 2 is 1.90 bits per heavy atom. The van der Waals surface area contributed by atoms with Crippen LogP contribution in [-0.4, -0.2) is 37.6 Å². The molecule has 0 radical (unpaired) electrons. The molecule has 3 aliphatic heterocycles. The number of ether oxygens (including phenoxy) is 2. The first kappa shape index (κ1) is 19.0. The van der Waals surface area contributed by atoms with Crippen molar-refractivity contribution in [1.82, 2.24) is 0 Å². The van der Waals surface area contributed by atoms with E-state index in [9.17, 15) is 13.2 Å². The van der Waals surface area contributed by atoms with Gasteiger partial charge in [0.1, 0.15) is 0 Å². The average molecular weight is 458 g/mol. The molecule has 0 atom stereocenters. The first-order chi connectivity index (χ1) is 14.9. The first-order valence-corrected chi connectivity index (χ1v) is 12.6. The monoisotopic (exact) mass is 457 g/mol. The van der Waals surface area contributed by atoms with Crippen molar-refractivity contribution in [2.24, 2.45) is 4.40 Å². The van der Waals surface area contributed by atoms with E-state index in [1.807, 2.05) is 17.0 Å². The second kappa shape index (κ2) is 6.64. The molecular formula is C21H19N3O5S2. The largest absolute Gasteiger partial charge is 0.448 e. The van der Waals surface area contributed by atoms with Gasteiger partial charge in [0.2, 0.25) is 0 Å². The van der Waals surface area contributed by atoms with E-state index in [0.29, 0.717) is 34.5 Å². The molecule has 6 rings (SSSR count). The topological polar surface area (TPSA) is 97.3 Å². The van der Waals surface area contributed by atoms with Crippen molar-refractivity contribution < 1.29 is 22.7 Å². The van der Waals surface area contributed by atoms with E-state index in [1.54, 1.807) is 24.3 Å². The highest BCUT2D eigenvalue weighted by Gasteiger charge is 2.44. The fraction of sp³-hybridized carbons (Fsp3) is 0.333. The van der Waals surface area contributed by atoms with E-state index >= 15 is 0 Å². The first-order valence-electron chi connectivity index (χ1n) is 10.2. The zero-order valence-corrected chi connectivity index (χ0v) is 18.1. The molecule has 160 valence electrons. The minimum Gasteiger partial charge on any atom is -0.448 e. The molecule has 10 heteroatoms. The quantitative estimate of drug-likeness (QED) is 0.736. The lowest BCUT2D eigenvalue weighted by atomic mass is 10.1. The van der Waals surface area contributed by atoms with Crippen LogP contribution in [-0.2, 0) is 10.0 Å². The third-order valence-electron chi connectivity index (χ3n) is 5.89. The third-order valence-corrected chi connectivity index (χ3v) is 8.20. The number of rotatable bonds is 2. The molecule has 1 amide bonds. The summed E-state index contributed by atoms with van der Waals surface area (Å²) < 4.78 is 39.5. The van der Waals surface area contributed by atoms with Crippen LogP contribution >= 0.6 is 11.8 Å². The maximum absolute atomic E-state index is 12.8. The molecule has 1 spiro atoms. The normalized spacial score (nSPS) is 21.5. The number of nitrogens with one attached hydrogen (secondary N) is 1.